The number of piperazine rings is 1. The smallest absolute Gasteiger partial charge is 0.254 e. The topological polar surface area (TPSA) is 92.7 Å². The third-order valence-electron chi connectivity index (χ3n) is 4.75. The average Bonchev–Trinajstić information content (AvgIpc) is 3.43. The van der Waals surface area contributed by atoms with Crippen molar-refractivity contribution >= 4 is 11.8 Å². The lowest BCUT2D eigenvalue weighted by atomic mass is 10.1. The zero-order chi connectivity index (χ0) is 20.2. The van der Waals surface area contributed by atoms with Gasteiger partial charge in [0, 0.05) is 44.6 Å². The van der Waals surface area contributed by atoms with Gasteiger partial charge in [-0.25, -0.2) is 4.39 Å². The highest BCUT2D eigenvalue weighted by atomic mass is 19.1. The van der Waals surface area contributed by atoms with Gasteiger partial charge in [0.05, 0.1) is 6.26 Å². The Bertz CT molecular complexity index is 994. The monoisotopic (exact) mass is 398 g/mol. The molecule has 0 spiro atoms. The van der Waals surface area contributed by atoms with Crippen LogP contribution in [0.1, 0.15) is 22.7 Å². The van der Waals surface area contributed by atoms with E-state index in [1.165, 1.54) is 24.5 Å². The maximum absolute atomic E-state index is 13.3. The lowest BCUT2D eigenvalue weighted by molar-refractivity contribution is -0.132. The molecule has 2 amide bonds. The summed E-state index contributed by atoms with van der Waals surface area (Å²) in [6.45, 7) is 1.68. The molecule has 29 heavy (non-hydrogen) atoms. The van der Waals surface area contributed by atoms with Crippen LogP contribution in [0.5, 0.6) is 0 Å². The molecule has 0 bridgehead atoms. The van der Waals surface area contributed by atoms with E-state index in [1.807, 2.05) is 0 Å². The summed E-state index contributed by atoms with van der Waals surface area (Å²) in [4.78, 5) is 32.5. The van der Waals surface area contributed by atoms with Gasteiger partial charge in [0.1, 0.15) is 5.82 Å². The average molecular weight is 398 g/mol. The number of aryl methyl sites for hydroxylation is 1. The molecular formula is C20H19FN4O4. The van der Waals surface area contributed by atoms with Crippen LogP contribution in [0.3, 0.4) is 0 Å². The van der Waals surface area contributed by atoms with Crippen molar-refractivity contribution in [3.8, 4) is 11.6 Å². The van der Waals surface area contributed by atoms with Crippen LogP contribution < -0.4 is 0 Å². The number of nitrogens with zero attached hydrogens (tertiary/aromatic N) is 4. The van der Waals surface area contributed by atoms with Crippen LogP contribution in [0.15, 0.2) is 51.6 Å². The zero-order valence-corrected chi connectivity index (χ0v) is 15.6. The minimum Gasteiger partial charge on any atom is -0.461 e. The highest BCUT2D eigenvalue weighted by Crippen LogP contribution is 2.17. The summed E-state index contributed by atoms with van der Waals surface area (Å²) in [6.07, 6.45) is 2.08. The van der Waals surface area contributed by atoms with Crippen LogP contribution in [-0.4, -0.2) is 57.9 Å². The number of hydrogen-bond acceptors (Lipinski definition) is 6. The van der Waals surface area contributed by atoms with Crippen LogP contribution in [0.4, 0.5) is 4.39 Å². The van der Waals surface area contributed by atoms with Crippen LogP contribution in [0, 0.1) is 5.82 Å². The first-order valence-corrected chi connectivity index (χ1v) is 9.29. The van der Waals surface area contributed by atoms with Crippen molar-refractivity contribution in [3.05, 3.63) is 59.9 Å². The molecule has 1 aromatic carbocycles. The molecule has 0 N–H and O–H groups in total. The number of rotatable bonds is 5. The second kappa shape index (κ2) is 8.26. The highest BCUT2D eigenvalue weighted by molar-refractivity contribution is 5.94. The summed E-state index contributed by atoms with van der Waals surface area (Å²) in [5.41, 5.74) is 0.313. The first-order valence-electron chi connectivity index (χ1n) is 9.29. The molecule has 0 aliphatic carbocycles. The molecular weight excluding hydrogens is 379 g/mol. The van der Waals surface area contributed by atoms with Gasteiger partial charge in [0.15, 0.2) is 5.76 Å². The molecule has 0 saturated carbocycles. The fourth-order valence-corrected chi connectivity index (χ4v) is 3.20. The minimum absolute atomic E-state index is 0.0411. The van der Waals surface area contributed by atoms with Gasteiger partial charge in [0.25, 0.3) is 5.91 Å². The molecule has 4 rings (SSSR count). The summed E-state index contributed by atoms with van der Waals surface area (Å²) in [5.74, 6) is 0.506. The molecule has 1 aliphatic rings. The number of benzene rings is 1. The Labute approximate surface area is 165 Å². The number of halogens is 1. The van der Waals surface area contributed by atoms with Gasteiger partial charge in [-0.1, -0.05) is 11.2 Å². The number of aromatic nitrogens is 2. The van der Waals surface area contributed by atoms with E-state index < -0.39 is 5.82 Å². The number of carbonyl (C=O) groups excluding carboxylic acids is 2. The molecule has 8 nitrogen and oxygen atoms in total. The van der Waals surface area contributed by atoms with Crippen molar-refractivity contribution in [1.29, 1.82) is 0 Å². The molecule has 1 saturated heterocycles. The Hall–Kier alpha value is -3.49. The van der Waals surface area contributed by atoms with Crippen molar-refractivity contribution in [1.82, 2.24) is 19.9 Å². The van der Waals surface area contributed by atoms with Gasteiger partial charge in [-0.2, -0.15) is 4.98 Å². The zero-order valence-electron chi connectivity index (χ0n) is 15.6. The van der Waals surface area contributed by atoms with E-state index in [2.05, 4.69) is 10.1 Å². The van der Waals surface area contributed by atoms with Crippen molar-refractivity contribution in [2.75, 3.05) is 26.2 Å². The van der Waals surface area contributed by atoms with Crippen molar-refractivity contribution in [2.24, 2.45) is 0 Å². The quantitative estimate of drug-likeness (QED) is 0.655. The van der Waals surface area contributed by atoms with E-state index in [9.17, 15) is 14.0 Å². The largest absolute Gasteiger partial charge is 0.461 e. The normalized spacial score (nSPS) is 14.2. The number of carbonyl (C=O) groups is 2. The van der Waals surface area contributed by atoms with E-state index in [1.54, 1.807) is 28.0 Å². The summed E-state index contributed by atoms with van der Waals surface area (Å²) in [7, 11) is 0. The molecule has 0 unspecified atom stereocenters. The SMILES string of the molecule is O=C(CCc1nc(-c2ccco2)no1)N1CCN(C(=O)c2cccc(F)c2)CC1. The third kappa shape index (κ3) is 4.34. The van der Waals surface area contributed by atoms with Crippen LogP contribution in [-0.2, 0) is 11.2 Å². The predicted octanol–water partition coefficient (Wildman–Crippen LogP) is 2.39. The van der Waals surface area contributed by atoms with E-state index in [-0.39, 0.29) is 18.2 Å². The summed E-state index contributed by atoms with van der Waals surface area (Å²) in [5, 5.41) is 3.84. The molecule has 0 atom stereocenters. The number of hydrogen-bond donors (Lipinski definition) is 0. The Kier molecular flexibility index (Phi) is 5.37. The second-order valence-corrected chi connectivity index (χ2v) is 6.67. The lowest BCUT2D eigenvalue weighted by Crippen LogP contribution is -2.50. The third-order valence-corrected chi connectivity index (χ3v) is 4.75. The number of furan rings is 1. The van der Waals surface area contributed by atoms with Gasteiger partial charge < -0.3 is 18.7 Å². The fourth-order valence-electron chi connectivity index (χ4n) is 3.20. The summed E-state index contributed by atoms with van der Waals surface area (Å²) in [6, 6.07) is 9.08. The lowest BCUT2D eigenvalue weighted by Gasteiger charge is -2.34. The standard InChI is InChI=1S/C20H19FN4O4/c21-15-4-1-3-14(13-15)20(27)25-10-8-24(9-11-25)18(26)7-6-17-22-19(23-29-17)16-5-2-12-28-16/h1-5,12-13H,6-11H2. The van der Waals surface area contributed by atoms with Gasteiger partial charge in [-0.05, 0) is 30.3 Å². The van der Waals surface area contributed by atoms with E-state index in [0.717, 1.165) is 0 Å². The number of amides is 2. The van der Waals surface area contributed by atoms with Gasteiger partial charge in [0.2, 0.25) is 17.6 Å². The second-order valence-electron chi connectivity index (χ2n) is 6.67. The van der Waals surface area contributed by atoms with Gasteiger partial charge >= 0.3 is 0 Å². The van der Waals surface area contributed by atoms with Crippen LogP contribution in [0.25, 0.3) is 11.6 Å². The Balaban J connectivity index is 1.26. The van der Waals surface area contributed by atoms with Crippen molar-refractivity contribution < 1.29 is 22.9 Å². The van der Waals surface area contributed by atoms with Crippen molar-refractivity contribution in [3.63, 3.8) is 0 Å². The first kappa shape index (κ1) is 18.9. The van der Waals surface area contributed by atoms with Crippen LogP contribution >= 0.6 is 0 Å². The maximum atomic E-state index is 13.3. The van der Waals surface area contributed by atoms with Gasteiger partial charge in [-0.3, -0.25) is 9.59 Å². The first-order chi connectivity index (χ1) is 14.1. The molecule has 1 aliphatic heterocycles. The minimum atomic E-state index is -0.444. The highest BCUT2D eigenvalue weighted by Gasteiger charge is 2.25. The predicted molar refractivity (Wildman–Crippen MR) is 99.2 cm³/mol. The molecule has 2 aromatic heterocycles. The maximum Gasteiger partial charge on any atom is 0.254 e. The molecule has 1 fully saturated rings. The van der Waals surface area contributed by atoms with Crippen LogP contribution in [0.2, 0.25) is 0 Å². The Morgan fingerprint density at radius 1 is 1.07 bits per heavy atom. The Morgan fingerprint density at radius 3 is 2.59 bits per heavy atom. The fraction of sp³-hybridized carbons (Fsp3) is 0.300. The van der Waals surface area contributed by atoms with E-state index in [4.69, 9.17) is 8.94 Å². The summed E-state index contributed by atoms with van der Waals surface area (Å²) < 4.78 is 23.7. The molecule has 0 radical (unpaired) electrons. The van der Waals surface area contributed by atoms with E-state index in [0.29, 0.717) is 55.6 Å². The van der Waals surface area contributed by atoms with Crippen molar-refractivity contribution in [2.45, 2.75) is 12.8 Å². The molecule has 3 aromatic rings. The molecule has 3 heterocycles. The molecule has 9 heteroatoms. The summed E-state index contributed by atoms with van der Waals surface area (Å²) >= 11 is 0. The Morgan fingerprint density at radius 2 is 1.86 bits per heavy atom. The van der Waals surface area contributed by atoms with E-state index >= 15 is 0 Å². The molecule has 150 valence electrons. The van der Waals surface area contributed by atoms with Gasteiger partial charge in [-0.15, -0.1) is 0 Å².